The number of hydrogen-bond acceptors (Lipinski definition) is 6. The van der Waals surface area contributed by atoms with E-state index in [-0.39, 0.29) is 11.3 Å². The van der Waals surface area contributed by atoms with Gasteiger partial charge in [-0.05, 0) is 31.6 Å². The molecule has 2 aromatic carbocycles. The number of fused-ring (bicyclic) bond motifs is 1. The quantitative estimate of drug-likeness (QED) is 0.332. The third-order valence-corrected chi connectivity index (χ3v) is 7.84. The number of aromatic nitrogens is 2. The summed E-state index contributed by atoms with van der Waals surface area (Å²) < 4.78 is 5.63. The van der Waals surface area contributed by atoms with Gasteiger partial charge in [0.2, 0.25) is 5.91 Å². The van der Waals surface area contributed by atoms with Gasteiger partial charge >= 0.3 is 0 Å². The van der Waals surface area contributed by atoms with Gasteiger partial charge in [0.1, 0.15) is 17.5 Å². The summed E-state index contributed by atoms with van der Waals surface area (Å²) in [6.07, 6.45) is 3.73. The van der Waals surface area contributed by atoms with Gasteiger partial charge in [-0.2, -0.15) is 5.26 Å². The first kappa shape index (κ1) is 23.3. The van der Waals surface area contributed by atoms with Gasteiger partial charge < -0.3 is 14.2 Å². The van der Waals surface area contributed by atoms with Crippen LogP contribution in [0.3, 0.4) is 0 Å². The monoisotopic (exact) mass is 509 g/mol. The van der Waals surface area contributed by atoms with E-state index in [9.17, 15) is 10.1 Å². The van der Waals surface area contributed by atoms with Gasteiger partial charge in [0.25, 0.3) is 0 Å². The Morgan fingerprint density at radius 3 is 2.76 bits per heavy atom. The smallest absolute Gasteiger partial charge is 0.245 e. The van der Waals surface area contributed by atoms with Crippen molar-refractivity contribution < 1.29 is 9.21 Å². The van der Waals surface area contributed by atoms with Crippen molar-refractivity contribution in [3.8, 4) is 28.5 Å². The fraction of sp³-hybridized carbons (Fsp3) is 0.241. The standard InChI is InChI=1S/C29H24ClN5O2/c1-3-25(36)35-15-29(16-35)10-11-34(14-29)28-22(13-31)26(20-6-4-5-7-23(20)30)21-9-8-19(12-24(21)33-28)27-18(2)32-17-37-27/h3-9,12,17H,1,10-11,14-16H2,2H3. The minimum atomic E-state index is -0.0399. The van der Waals surface area contributed by atoms with Gasteiger partial charge in [0.15, 0.2) is 12.2 Å². The average molecular weight is 510 g/mol. The van der Waals surface area contributed by atoms with Gasteiger partial charge in [-0.15, -0.1) is 0 Å². The van der Waals surface area contributed by atoms with E-state index in [0.717, 1.165) is 52.8 Å². The molecule has 0 bridgehead atoms. The molecule has 0 saturated carbocycles. The van der Waals surface area contributed by atoms with Crippen molar-refractivity contribution in [3.63, 3.8) is 0 Å². The molecule has 0 atom stereocenters. The number of carbonyl (C=O) groups excluding carboxylic acids is 1. The maximum absolute atomic E-state index is 12.0. The van der Waals surface area contributed by atoms with Crippen molar-refractivity contribution in [1.29, 1.82) is 5.26 Å². The van der Waals surface area contributed by atoms with E-state index in [2.05, 4.69) is 22.5 Å². The van der Waals surface area contributed by atoms with Crippen LogP contribution in [0, 0.1) is 23.7 Å². The Balaban J connectivity index is 1.50. The van der Waals surface area contributed by atoms with Crippen LogP contribution in [0.25, 0.3) is 33.4 Å². The van der Waals surface area contributed by atoms with E-state index >= 15 is 0 Å². The largest absolute Gasteiger partial charge is 0.443 e. The van der Waals surface area contributed by atoms with Crippen LogP contribution in [0.4, 0.5) is 5.82 Å². The molecule has 37 heavy (non-hydrogen) atoms. The van der Waals surface area contributed by atoms with Gasteiger partial charge in [-0.25, -0.2) is 9.97 Å². The number of halogens is 1. The lowest BCUT2D eigenvalue weighted by molar-refractivity contribution is -0.136. The molecule has 7 nitrogen and oxygen atoms in total. The van der Waals surface area contributed by atoms with Crippen molar-refractivity contribution in [2.75, 3.05) is 31.1 Å². The molecule has 4 heterocycles. The van der Waals surface area contributed by atoms with Crippen molar-refractivity contribution in [1.82, 2.24) is 14.9 Å². The number of hydrogen-bond donors (Lipinski definition) is 0. The van der Waals surface area contributed by atoms with Crippen molar-refractivity contribution in [2.45, 2.75) is 13.3 Å². The first-order chi connectivity index (χ1) is 17.9. The summed E-state index contributed by atoms with van der Waals surface area (Å²) in [5, 5.41) is 11.8. The molecule has 1 spiro atoms. The highest BCUT2D eigenvalue weighted by Gasteiger charge is 2.49. The Morgan fingerprint density at radius 2 is 2.05 bits per heavy atom. The van der Waals surface area contributed by atoms with Crippen molar-refractivity contribution in [2.24, 2.45) is 5.41 Å². The summed E-state index contributed by atoms with van der Waals surface area (Å²) in [4.78, 5) is 25.3. The Labute approximate surface area is 219 Å². The zero-order valence-electron chi connectivity index (χ0n) is 20.4. The van der Waals surface area contributed by atoms with Gasteiger partial charge in [-0.3, -0.25) is 4.79 Å². The molecule has 2 aromatic heterocycles. The zero-order valence-corrected chi connectivity index (χ0v) is 21.1. The molecule has 1 amide bonds. The highest BCUT2D eigenvalue weighted by molar-refractivity contribution is 6.34. The molecular weight excluding hydrogens is 486 g/mol. The van der Waals surface area contributed by atoms with E-state index in [1.54, 1.807) is 0 Å². The average Bonchev–Trinajstić information content (AvgIpc) is 3.53. The van der Waals surface area contributed by atoms with E-state index in [4.69, 9.17) is 21.0 Å². The number of nitrogens with zero attached hydrogens (tertiary/aromatic N) is 5. The first-order valence-corrected chi connectivity index (χ1v) is 12.5. The van der Waals surface area contributed by atoms with E-state index in [1.807, 2.05) is 54.3 Å². The van der Waals surface area contributed by atoms with Crippen LogP contribution in [-0.2, 0) is 4.79 Å². The molecular formula is C29H24ClN5O2. The maximum atomic E-state index is 12.0. The highest BCUT2D eigenvalue weighted by Crippen LogP contribution is 2.45. The predicted molar refractivity (Wildman–Crippen MR) is 143 cm³/mol. The van der Waals surface area contributed by atoms with Crippen LogP contribution in [0.2, 0.25) is 5.02 Å². The molecule has 2 fully saturated rings. The molecule has 184 valence electrons. The molecule has 0 unspecified atom stereocenters. The highest BCUT2D eigenvalue weighted by atomic mass is 35.5. The number of likely N-dealkylation sites (tertiary alicyclic amines) is 1. The molecule has 8 heteroatoms. The number of benzene rings is 2. The van der Waals surface area contributed by atoms with Crippen LogP contribution in [0.1, 0.15) is 17.7 Å². The van der Waals surface area contributed by atoms with Crippen molar-refractivity contribution in [3.05, 3.63) is 77.8 Å². The Bertz CT molecular complexity index is 1610. The van der Waals surface area contributed by atoms with E-state index in [0.29, 0.717) is 35.3 Å². The molecule has 0 aliphatic carbocycles. The number of rotatable bonds is 4. The summed E-state index contributed by atoms with van der Waals surface area (Å²) in [5.41, 5.74) is 4.47. The minimum absolute atomic E-state index is 0.00534. The summed E-state index contributed by atoms with van der Waals surface area (Å²) in [6, 6.07) is 15.9. The third kappa shape index (κ3) is 3.76. The Kier molecular flexibility index (Phi) is 5.50. The van der Waals surface area contributed by atoms with Crippen LogP contribution in [-0.4, -0.2) is 47.0 Å². The molecule has 4 aromatic rings. The molecule has 2 saturated heterocycles. The van der Waals surface area contributed by atoms with E-state index in [1.165, 1.54) is 12.5 Å². The number of oxazole rings is 1. The molecule has 2 aliphatic rings. The van der Waals surface area contributed by atoms with Crippen LogP contribution in [0.5, 0.6) is 0 Å². The Hall–Kier alpha value is -4.15. The molecule has 2 aliphatic heterocycles. The lowest BCUT2D eigenvalue weighted by atomic mass is 9.79. The second kappa shape index (κ2) is 8.75. The topological polar surface area (TPSA) is 86.3 Å². The first-order valence-electron chi connectivity index (χ1n) is 12.1. The zero-order chi connectivity index (χ0) is 25.7. The summed E-state index contributed by atoms with van der Waals surface area (Å²) >= 11 is 6.66. The second-order valence-electron chi connectivity index (χ2n) is 9.85. The summed E-state index contributed by atoms with van der Waals surface area (Å²) in [5.74, 6) is 1.29. The Morgan fingerprint density at radius 1 is 1.24 bits per heavy atom. The number of pyridine rings is 1. The molecule has 6 rings (SSSR count). The minimum Gasteiger partial charge on any atom is -0.443 e. The van der Waals surface area contributed by atoms with Crippen LogP contribution >= 0.6 is 11.6 Å². The third-order valence-electron chi connectivity index (χ3n) is 7.51. The van der Waals surface area contributed by atoms with Crippen LogP contribution < -0.4 is 4.90 Å². The lowest BCUT2D eigenvalue weighted by Gasteiger charge is -2.47. The van der Waals surface area contributed by atoms with E-state index < -0.39 is 0 Å². The normalized spacial score (nSPS) is 16.1. The second-order valence-corrected chi connectivity index (χ2v) is 10.3. The summed E-state index contributed by atoms with van der Waals surface area (Å²) in [6.45, 7) is 8.36. The number of anilines is 1. The maximum Gasteiger partial charge on any atom is 0.245 e. The van der Waals surface area contributed by atoms with Crippen LogP contribution in [0.15, 0.2) is 65.9 Å². The number of nitriles is 1. The lowest BCUT2D eigenvalue weighted by Crippen LogP contribution is -2.59. The van der Waals surface area contributed by atoms with Gasteiger partial charge in [0, 0.05) is 58.7 Å². The molecule has 0 radical (unpaired) electrons. The summed E-state index contributed by atoms with van der Waals surface area (Å²) in [7, 11) is 0. The fourth-order valence-electron chi connectivity index (χ4n) is 5.67. The fourth-order valence-corrected chi connectivity index (χ4v) is 5.90. The number of carbonyl (C=O) groups is 1. The number of amides is 1. The number of aryl methyl sites for hydroxylation is 1. The van der Waals surface area contributed by atoms with Gasteiger partial charge in [-0.1, -0.05) is 48.5 Å². The SMILES string of the molecule is C=CC(=O)N1CC2(CCN(c3nc4cc(-c5ocnc5C)ccc4c(-c4ccccc4Cl)c3C#N)C2)C1. The van der Waals surface area contributed by atoms with Gasteiger partial charge in [0.05, 0.1) is 11.2 Å². The predicted octanol–water partition coefficient (Wildman–Crippen LogP) is 5.62. The molecule has 0 N–H and O–H groups in total. The van der Waals surface area contributed by atoms with Crippen molar-refractivity contribution >= 4 is 34.2 Å².